The Balaban J connectivity index is 1.71. The van der Waals surface area contributed by atoms with Gasteiger partial charge in [-0.3, -0.25) is 14.5 Å². The van der Waals surface area contributed by atoms with Gasteiger partial charge in [0.2, 0.25) is 5.91 Å². The van der Waals surface area contributed by atoms with E-state index in [0.29, 0.717) is 16.8 Å². The molecule has 25 heavy (non-hydrogen) atoms. The molecule has 1 heterocycles. The molecule has 7 heteroatoms. The molecule has 0 saturated carbocycles. The van der Waals surface area contributed by atoms with Crippen LogP contribution in [0.1, 0.15) is 17.2 Å². The van der Waals surface area contributed by atoms with Crippen molar-refractivity contribution < 1.29 is 18.8 Å². The zero-order valence-electron chi connectivity index (χ0n) is 13.5. The zero-order chi connectivity index (χ0) is 18.0. The van der Waals surface area contributed by atoms with Crippen LogP contribution in [-0.2, 0) is 16.0 Å². The van der Waals surface area contributed by atoms with Gasteiger partial charge in [0.25, 0.3) is 5.91 Å². The van der Waals surface area contributed by atoms with Gasteiger partial charge in [-0.15, -0.1) is 0 Å². The number of imide groups is 1. The maximum atomic E-state index is 13.2. The fourth-order valence-corrected chi connectivity index (χ4v) is 2.64. The number of urea groups is 1. The van der Waals surface area contributed by atoms with Gasteiger partial charge in [0.15, 0.2) is 0 Å². The predicted octanol–water partition coefficient (Wildman–Crippen LogP) is 2.23. The van der Waals surface area contributed by atoms with Crippen molar-refractivity contribution in [2.45, 2.75) is 12.5 Å². The molecule has 6 nitrogen and oxygen atoms in total. The van der Waals surface area contributed by atoms with Gasteiger partial charge in [-0.2, -0.15) is 0 Å². The Hall–Kier alpha value is -3.22. The number of carbonyl (C=O) groups is 3. The molecule has 0 bridgehead atoms. The van der Waals surface area contributed by atoms with Crippen LogP contribution in [-0.4, -0.2) is 29.8 Å². The molecule has 0 spiro atoms. The van der Waals surface area contributed by atoms with Crippen molar-refractivity contribution in [2.24, 2.45) is 0 Å². The minimum atomic E-state index is -0.766. The van der Waals surface area contributed by atoms with E-state index < -0.39 is 17.9 Å². The quantitative estimate of drug-likeness (QED) is 0.837. The number of anilines is 1. The van der Waals surface area contributed by atoms with E-state index in [9.17, 15) is 18.8 Å². The molecule has 128 valence electrons. The summed E-state index contributed by atoms with van der Waals surface area (Å²) in [5.41, 5.74) is 1.63. The van der Waals surface area contributed by atoms with Gasteiger partial charge in [0, 0.05) is 12.7 Å². The van der Waals surface area contributed by atoms with Crippen LogP contribution in [0.2, 0.25) is 0 Å². The van der Waals surface area contributed by atoms with Crippen LogP contribution in [0.5, 0.6) is 0 Å². The Bertz CT molecular complexity index is 853. The van der Waals surface area contributed by atoms with Crippen molar-refractivity contribution in [2.75, 3.05) is 12.4 Å². The Morgan fingerprint density at radius 1 is 1.20 bits per heavy atom. The third-order valence-corrected chi connectivity index (χ3v) is 3.91. The highest BCUT2D eigenvalue weighted by Crippen LogP contribution is 2.23. The molecule has 2 N–H and O–H groups in total. The number of rotatable bonds is 4. The summed E-state index contributed by atoms with van der Waals surface area (Å²) in [6.45, 7) is 0. The molecule has 1 saturated heterocycles. The molecule has 2 aromatic carbocycles. The van der Waals surface area contributed by atoms with Gasteiger partial charge >= 0.3 is 6.03 Å². The summed E-state index contributed by atoms with van der Waals surface area (Å²) >= 11 is 0. The van der Waals surface area contributed by atoms with Crippen molar-refractivity contribution >= 4 is 23.5 Å². The number of likely N-dealkylation sites (N-methyl/N-ethyl adjacent to an activating group) is 1. The van der Waals surface area contributed by atoms with Crippen molar-refractivity contribution in [1.82, 2.24) is 10.2 Å². The molecular formula is C18H16FN3O3. The Kier molecular flexibility index (Phi) is 4.47. The summed E-state index contributed by atoms with van der Waals surface area (Å²) in [6, 6.07) is 11.3. The minimum Gasteiger partial charge on any atom is -0.326 e. The summed E-state index contributed by atoms with van der Waals surface area (Å²) in [5, 5.41) is 5.29. The van der Waals surface area contributed by atoms with Gasteiger partial charge < -0.3 is 10.6 Å². The molecular weight excluding hydrogens is 325 g/mol. The van der Waals surface area contributed by atoms with Crippen LogP contribution in [0, 0.1) is 5.82 Å². The number of carbonyl (C=O) groups excluding carboxylic acids is 3. The first kappa shape index (κ1) is 16.6. The van der Waals surface area contributed by atoms with Crippen molar-refractivity contribution in [3.05, 3.63) is 65.5 Å². The standard InChI is InChI=1S/C18H16FN3O3/c1-22-17(24)16(21-18(22)25)12-5-3-7-14(10-12)20-15(23)9-11-4-2-6-13(19)8-11/h2-8,10,16H,9H2,1H3,(H,20,23)(H,21,25). The SMILES string of the molecule is CN1C(=O)NC(c2cccc(NC(=O)Cc3cccc(F)c3)c2)C1=O. The van der Waals surface area contributed by atoms with Gasteiger partial charge in [-0.05, 0) is 35.4 Å². The molecule has 1 atom stereocenters. The van der Waals surface area contributed by atoms with E-state index >= 15 is 0 Å². The van der Waals surface area contributed by atoms with Gasteiger partial charge in [0.05, 0.1) is 6.42 Å². The highest BCUT2D eigenvalue weighted by atomic mass is 19.1. The van der Waals surface area contributed by atoms with Crippen LogP contribution in [0.25, 0.3) is 0 Å². The van der Waals surface area contributed by atoms with E-state index in [4.69, 9.17) is 0 Å². The maximum absolute atomic E-state index is 13.2. The molecule has 1 aliphatic heterocycles. The average molecular weight is 341 g/mol. The number of amides is 4. The lowest BCUT2D eigenvalue weighted by atomic mass is 10.1. The summed E-state index contributed by atoms with van der Waals surface area (Å²) in [7, 11) is 1.41. The molecule has 0 aliphatic carbocycles. The molecule has 1 unspecified atom stereocenters. The van der Waals surface area contributed by atoms with Gasteiger partial charge in [0.1, 0.15) is 11.9 Å². The Morgan fingerprint density at radius 2 is 1.96 bits per heavy atom. The maximum Gasteiger partial charge on any atom is 0.324 e. The van der Waals surface area contributed by atoms with Crippen LogP contribution >= 0.6 is 0 Å². The summed E-state index contributed by atoms with van der Waals surface area (Å²) in [6.07, 6.45) is 0.0316. The first-order chi connectivity index (χ1) is 11.9. The second-order valence-corrected chi connectivity index (χ2v) is 5.76. The summed E-state index contributed by atoms with van der Waals surface area (Å²) in [4.78, 5) is 36.7. The highest BCUT2D eigenvalue weighted by molar-refractivity contribution is 6.04. The Morgan fingerprint density at radius 3 is 2.64 bits per heavy atom. The lowest BCUT2D eigenvalue weighted by molar-refractivity contribution is -0.126. The highest BCUT2D eigenvalue weighted by Gasteiger charge is 2.36. The van der Waals surface area contributed by atoms with Crippen molar-refractivity contribution in [1.29, 1.82) is 0 Å². The number of nitrogens with zero attached hydrogens (tertiary/aromatic N) is 1. The summed E-state index contributed by atoms with van der Waals surface area (Å²) in [5.74, 6) is -1.05. The van der Waals surface area contributed by atoms with Crippen LogP contribution < -0.4 is 10.6 Å². The molecule has 4 amide bonds. The first-order valence-corrected chi connectivity index (χ1v) is 7.66. The van der Waals surface area contributed by atoms with E-state index in [1.807, 2.05) is 0 Å². The normalized spacial score (nSPS) is 16.7. The van der Waals surface area contributed by atoms with Crippen molar-refractivity contribution in [3.8, 4) is 0 Å². The second-order valence-electron chi connectivity index (χ2n) is 5.76. The summed E-state index contributed by atoms with van der Waals surface area (Å²) < 4.78 is 13.2. The van der Waals surface area contributed by atoms with E-state index in [1.165, 1.54) is 19.2 Å². The molecule has 1 fully saturated rings. The number of halogens is 1. The predicted molar refractivity (Wildman–Crippen MR) is 89.2 cm³/mol. The Labute approximate surface area is 143 Å². The first-order valence-electron chi connectivity index (χ1n) is 7.66. The van der Waals surface area contributed by atoms with E-state index in [0.717, 1.165) is 4.90 Å². The van der Waals surface area contributed by atoms with Crippen LogP contribution in [0.4, 0.5) is 14.9 Å². The third-order valence-electron chi connectivity index (χ3n) is 3.91. The van der Waals surface area contributed by atoms with E-state index in [2.05, 4.69) is 10.6 Å². The van der Waals surface area contributed by atoms with E-state index in [1.54, 1.807) is 36.4 Å². The topological polar surface area (TPSA) is 78.5 Å². The minimum absolute atomic E-state index is 0.0316. The van der Waals surface area contributed by atoms with Crippen molar-refractivity contribution in [3.63, 3.8) is 0 Å². The van der Waals surface area contributed by atoms with Gasteiger partial charge in [-0.25, -0.2) is 9.18 Å². The lowest BCUT2D eigenvalue weighted by Crippen LogP contribution is -2.25. The van der Waals surface area contributed by atoms with Crippen LogP contribution in [0.15, 0.2) is 48.5 Å². The fourth-order valence-electron chi connectivity index (χ4n) is 2.64. The zero-order valence-corrected chi connectivity index (χ0v) is 13.5. The lowest BCUT2D eigenvalue weighted by Gasteiger charge is -2.11. The second kappa shape index (κ2) is 6.72. The molecule has 0 aromatic heterocycles. The number of nitrogens with one attached hydrogen (secondary N) is 2. The number of hydrogen-bond acceptors (Lipinski definition) is 3. The average Bonchev–Trinajstić information content (AvgIpc) is 2.82. The number of benzene rings is 2. The largest absolute Gasteiger partial charge is 0.326 e. The molecule has 0 radical (unpaired) electrons. The fraction of sp³-hybridized carbons (Fsp3) is 0.167. The van der Waals surface area contributed by atoms with Gasteiger partial charge in [-0.1, -0.05) is 24.3 Å². The molecule has 3 rings (SSSR count). The van der Waals surface area contributed by atoms with E-state index in [-0.39, 0.29) is 18.2 Å². The number of hydrogen-bond donors (Lipinski definition) is 2. The molecule has 1 aliphatic rings. The third kappa shape index (κ3) is 3.65. The monoisotopic (exact) mass is 341 g/mol. The molecule has 2 aromatic rings. The smallest absolute Gasteiger partial charge is 0.324 e. The van der Waals surface area contributed by atoms with Crippen LogP contribution in [0.3, 0.4) is 0 Å².